The van der Waals surface area contributed by atoms with Crippen molar-refractivity contribution in [3.63, 3.8) is 0 Å². The van der Waals surface area contributed by atoms with Crippen molar-refractivity contribution in [2.24, 2.45) is 5.92 Å². The van der Waals surface area contributed by atoms with E-state index >= 15 is 0 Å². The minimum absolute atomic E-state index is 0.164. The third kappa shape index (κ3) is 9.50. The zero-order chi connectivity index (χ0) is 24.2. The van der Waals surface area contributed by atoms with Crippen LogP contribution in [0.15, 0.2) is 47.7 Å². The van der Waals surface area contributed by atoms with Crippen LogP contribution in [-0.4, -0.2) is 46.6 Å². The highest BCUT2D eigenvalue weighted by atomic mass is 16.5. The number of aliphatic hydroxyl groups is 2. The van der Waals surface area contributed by atoms with Gasteiger partial charge in [0.05, 0.1) is 18.8 Å². The molecule has 1 aliphatic rings. The molecule has 1 aromatic carbocycles. The molecule has 0 saturated heterocycles. The number of rotatable bonds is 14. The lowest BCUT2D eigenvalue weighted by molar-refractivity contribution is -0.138. The summed E-state index contributed by atoms with van der Waals surface area (Å²) in [6, 6.07) is 7.86. The summed E-state index contributed by atoms with van der Waals surface area (Å²) in [4.78, 5) is 22.2. The lowest BCUT2D eigenvalue weighted by Crippen LogP contribution is -2.16. The monoisotopic (exact) mass is 460 g/mol. The number of hydrogen-bond acceptors (Lipinski definition) is 6. The zero-order valence-electron chi connectivity index (χ0n) is 19.5. The van der Waals surface area contributed by atoms with E-state index in [4.69, 9.17) is 14.6 Å². The molecule has 7 heteroatoms. The first-order valence-electron chi connectivity index (χ1n) is 11.5. The van der Waals surface area contributed by atoms with E-state index < -0.39 is 24.1 Å². The number of carboxylic acids is 1. The van der Waals surface area contributed by atoms with Crippen LogP contribution in [0.25, 0.3) is 0 Å². The molecule has 0 aromatic heterocycles. The highest BCUT2D eigenvalue weighted by molar-refractivity contribution is 5.67. The molecule has 0 radical (unpaired) electrons. The second kappa shape index (κ2) is 13.9. The number of carboxylic acid groups (broad SMARTS) is 1. The molecular formula is C26H36O7. The van der Waals surface area contributed by atoms with E-state index in [0.717, 1.165) is 36.0 Å². The maximum absolute atomic E-state index is 11.5. The summed E-state index contributed by atoms with van der Waals surface area (Å²) in [5.74, 6) is -1.02. The molecule has 0 bridgehead atoms. The Balaban J connectivity index is 2.00. The molecule has 33 heavy (non-hydrogen) atoms. The first-order valence-corrected chi connectivity index (χ1v) is 11.5. The number of aliphatic carboxylic acids is 1. The van der Waals surface area contributed by atoms with Crippen LogP contribution < -0.4 is 0 Å². The van der Waals surface area contributed by atoms with E-state index in [2.05, 4.69) is 0 Å². The fourth-order valence-corrected chi connectivity index (χ4v) is 4.21. The molecule has 0 saturated carbocycles. The van der Waals surface area contributed by atoms with Gasteiger partial charge in [-0.15, -0.1) is 0 Å². The Hall–Kier alpha value is -2.48. The molecule has 0 amide bonds. The first kappa shape index (κ1) is 26.8. The van der Waals surface area contributed by atoms with Crippen molar-refractivity contribution in [1.82, 2.24) is 0 Å². The molecule has 0 heterocycles. The highest BCUT2D eigenvalue weighted by Gasteiger charge is 2.33. The van der Waals surface area contributed by atoms with Crippen LogP contribution in [0, 0.1) is 5.92 Å². The number of unbranched alkanes of at least 4 members (excludes halogenated alkanes) is 3. The van der Waals surface area contributed by atoms with Crippen LogP contribution in [0.3, 0.4) is 0 Å². The Morgan fingerprint density at radius 1 is 1.18 bits per heavy atom. The standard InChI is InChI=1S/C26H36O7/c1-18(27)33-25-16-24(29)22(23(25)10-5-3-4-6-11-26(30)31)13-12-21(28)15-19-8-7-9-20(14-19)17-32-2/h7-9,12-14,21-22,24,28-29H,3-6,10-11,15-17H2,1-2H3,(H,30,31)/t21-,22+,24+/m0/s1. The maximum atomic E-state index is 11.5. The third-order valence-electron chi connectivity index (χ3n) is 5.71. The predicted molar refractivity (Wildman–Crippen MR) is 124 cm³/mol. The molecule has 0 aliphatic heterocycles. The minimum atomic E-state index is -0.789. The third-order valence-corrected chi connectivity index (χ3v) is 5.71. The summed E-state index contributed by atoms with van der Waals surface area (Å²) in [6.45, 7) is 1.85. The van der Waals surface area contributed by atoms with Gasteiger partial charge in [0.2, 0.25) is 0 Å². The van der Waals surface area contributed by atoms with E-state index in [0.29, 0.717) is 31.6 Å². The summed E-state index contributed by atoms with van der Waals surface area (Å²) in [7, 11) is 1.64. The Labute approximate surface area is 195 Å². The van der Waals surface area contributed by atoms with Gasteiger partial charge in [0.1, 0.15) is 5.76 Å². The lowest BCUT2D eigenvalue weighted by atomic mass is 9.93. The van der Waals surface area contributed by atoms with E-state index in [1.165, 1.54) is 6.92 Å². The molecule has 0 fully saturated rings. The minimum Gasteiger partial charge on any atom is -0.481 e. The number of methoxy groups -OCH3 is 1. The average molecular weight is 461 g/mol. The topological polar surface area (TPSA) is 113 Å². The van der Waals surface area contributed by atoms with Crippen LogP contribution >= 0.6 is 0 Å². The van der Waals surface area contributed by atoms with Gasteiger partial charge in [-0.25, -0.2) is 0 Å². The number of benzene rings is 1. The number of aliphatic hydroxyl groups excluding tert-OH is 2. The molecule has 1 aromatic rings. The van der Waals surface area contributed by atoms with Crippen LogP contribution in [0.5, 0.6) is 0 Å². The molecule has 1 aliphatic carbocycles. The van der Waals surface area contributed by atoms with Crippen LogP contribution in [0.1, 0.15) is 63.0 Å². The van der Waals surface area contributed by atoms with Crippen LogP contribution in [0.2, 0.25) is 0 Å². The van der Waals surface area contributed by atoms with Gasteiger partial charge >= 0.3 is 11.9 Å². The Kier molecular flexibility index (Phi) is 11.3. The Bertz CT molecular complexity index is 843. The predicted octanol–water partition coefficient (Wildman–Crippen LogP) is 3.92. The normalized spacial score (nSPS) is 19.3. The summed E-state index contributed by atoms with van der Waals surface area (Å²) in [6.07, 6.45) is 6.71. The fourth-order valence-electron chi connectivity index (χ4n) is 4.21. The molecule has 0 spiro atoms. The number of carbonyl (C=O) groups excluding carboxylic acids is 1. The van der Waals surface area contributed by atoms with Gasteiger partial charge in [-0.3, -0.25) is 9.59 Å². The highest BCUT2D eigenvalue weighted by Crippen LogP contribution is 2.37. The smallest absolute Gasteiger partial charge is 0.307 e. The quantitative estimate of drug-likeness (QED) is 0.219. The van der Waals surface area contributed by atoms with Crippen molar-refractivity contribution in [2.75, 3.05) is 7.11 Å². The Morgan fingerprint density at radius 2 is 1.91 bits per heavy atom. The van der Waals surface area contributed by atoms with Crippen molar-refractivity contribution in [2.45, 2.75) is 77.1 Å². The van der Waals surface area contributed by atoms with Crippen molar-refractivity contribution in [1.29, 1.82) is 0 Å². The van der Waals surface area contributed by atoms with Gasteiger partial charge in [-0.1, -0.05) is 49.3 Å². The fraction of sp³-hybridized carbons (Fsp3) is 0.538. The summed E-state index contributed by atoms with van der Waals surface area (Å²) in [5, 5.41) is 29.9. The van der Waals surface area contributed by atoms with Crippen molar-refractivity contribution >= 4 is 11.9 Å². The van der Waals surface area contributed by atoms with Gasteiger partial charge in [0, 0.05) is 39.2 Å². The number of carbonyl (C=O) groups is 2. The molecule has 0 unspecified atom stereocenters. The molecule has 7 nitrogen and oxygen atoms in total. The van der Waals surface area contributed by atoms with E-state index in [-0.39, 0.29) is 18.8 Å². The number of ether oxygens (including phenoxy) is 2. The average Bonchev–Trinajstić information content (AvgIpc) is 3.02. The SMILES string of the molecule is COCc1cccc(C[C@@H](O)C=C[C@@H]2C(CCCCCCC(=O)O)=C(OC(C)=O)C[C@H]2O)c1. The second-order valence-corrected chi connectivity index (χ2v) is 8.56. The van der Waals surface area contributed by atoms with E-state index in [1.807, 2.05) is 30.3 Å². The summed E-state index contributed by atoms with van der Waals surface area (Å²) in [5.41, 5.74) is 2.91. The van der Waals surface area contributed by atoms with E-state index in [1.54, 1.807) is 13.2 Å². The lowest BCUT2D eigenvalue weighted by Gasteiger charge is -2.16. The number of esters is 1. The van der Waals surface area contributed by atoms with Crippen LogP contribution in [-0.2, 0) is 32.1 Å². The van der Waals surface area contributed by atoms with Gasteiger partial charge in [-0.05, 0) is 36.0 Å². The molecule has 3 atom stereocenters. The van der Waals surface area contributed by atoms with E-state index in [9.17, 15) is 19.8 Å². The van der Waals surface area contributed by atoms with Gasteiger partial charge in [0.15, 0.2) is 0 Å². The summed E-state index contributed by atoms with van der Waals surface area (Å²) >= 11 is 0. The van der Waals surface area contributed by atoms with Gasteiger partial charge in [-0.2, -0.15) is 0 Å². The van der Waals surface area contributed by atoms with Gasteiger partial charge < -0.3 is 24.8 Å². The first-order chi connectivity index (χ1) is 15.8. The number of hydrogen-bond donors (Lipinski definition) is 3. The van der Waals surface area contributed by atoms with Crippen LogP contribution in [0.4, 0.5) is 0 Å². The maximum Gasteiger partial charge on any atom is 0.307 e. The summed E-state index contributed by atoms with van der Waals surface area (Å²) < 4.78 is 10.5. The zero-order valence-corrected chi connectivity index (χ0v) is 19.5. The van der Waals surface area contributed by atoms with Crippen molar-refractivity contribution in [3.05, 3.63) is 58.9 Å². The molecule has 2 rings (SSSR count). The van der Waals surface area contributed by atoms with Gasteiger partial charge in [0.25, 0.3) is 0 Å². The van der Waals surface area contributed by atoms with Crippen molar-refractivity contribution in [3.8, 4) is 0 Å². The Morgan fingerprint density at radius 3 is 2.61 bits per heavy atom. The molecular weight excluding hydrogens is 424 g/mol. The van der Waals surface area contributed by atoms with Crippen molar-refractivity contribution < 1.29 is 34.4 Å². The largest absolute Gasteiger partial charge is 0.481 e. The molecule has 182 valence electrons. The second-order valence-electron chi connectivity index (χ2n) is 8.56. The molecule has 3 N–H and O–H groups in total.